The normalized spacial score (nSPS) is 24.6. The molecule has 1 aromatic carbocycles. The maximum absolute atomic E-state index is 10.8. The van der Waals surface area contributed by atoms with Crippen LogP contribution in [-0.4, -0.2) is 60.3 Å². The molecule has 1 saturated heterocycles. The highest BCUT2D eigenvalue weighted by Crippen LogP contribution is 2.43. The van der Waals surface area contributed by atoms with E-state index in [0.29, 0.717) is 17.2 Å². The van der Waals surface area contributed by atoms with Gasteiger partial charge in [-0.2, -0.15) is 0 Å². The number of anilines is 2. The molecule has 1 unspecified atom stereocenters. The number of rotatable bonds is 7. The lowest BCUT2D eigenvalue weighted by molar-refractivity contribution is 0.0128. The average Bonchev–Trinajstić information content (AvgIpc) is 3.52. The highest BCUT2D eigenvalue weighted by molar-refractivity contribution is 8.00. The molecule has 1 aliphatic carbocycles. The SMILES string of the molecule is Nc1ncnc2c1ccn2C1S[C@@H](COc2ccc3ccc(NCC4CC4)nc3c2)[C@H](O)[C@@H]1O. The Morgan fingerprint density at radius 1 is 1.12 bits per heavy atom. The summed E-state index contributed by atoms with van der Waals surface area (Å²) in [6.45, 7) is 1.21. The van der Waals surface area contributed by atoms with Crippen molar-refractivity contribution in [1.29, 1.82) is 0 Å². The van der Waals surface area contributed by atoms with Crippen molar-refractivity contribution in [3.8, 4) is 5.75 Å². The zero-order chi connectivity index (χ0) is 23.2. The van der Waals surface area contributed by atoms with E-state index >= 15 is 0 Å². The predicted molar refractivity (Wildman–Crippen MR) is 133 cm³/mol. The summed E-state index contributed by atoms with van der Waals surface area (Å²) in [6.07, 6.45) is 3.89. The van der Waals surface area contributed by atoms with E-state index in [2.05, 4.69) is 21.4 Å². The van der Waals surface area contributed by atoms with Crippen molar-refractivity contribution in [2.24, 2.45) is 5.92 Å². The zero-order valence-corrected chi connectivity index (χ0v) is 19.2. The number of ether oxygens (including phenoxy) is 1. The number of aliphatic hydroxyl groups is 2. The zero-order valence-electron chi connectivity index (χ0n) is 18.4. The van der Waals surface area contributed by atoms with Gasteiger partial charge in [0.15, 0.2) is 0 Å². The van der Waals surface area contributed by atoms with E-state index in [4.69, 9.17) is 15.5 Å². The van der Waals surface area contributed by atoms with Gasteiger partial charge in [0.25, 0.3) is 0 Å². The van der Waals surface area contributed by atoms with Crippen LogP contribution in [0.3, 0.4) is 0 Å². The Morgan fingerprint density at radius 2 is 1.97 bits per heavy atom. The minimum Gasteiger partial charge on any atom is -0.492 e. The Kier molecular flexibility index (Phi) is 5.43. The summed E-state index contributed by atoms with van der Waals surface area (Å²) < 4.78 is 7.87. The molecule has 2 fully saturated rings. The first-order valence-corrected chi connectivity index (χ1v) is 12.4. The molecule has 1 aliphatic heterocycles. The molecule has 176 valence electrons. The molecule has 0 amide bonds. The van der Waals surface area contributed by atoms with Gasteiger partial charge in [-0.25, -0.2) is 15.0 Å². The van der Waals surface area contributed by atoms with E-state index in [-0.39, 0.29) is 11.9 Å². The van der Waals surface area contributed by atoms with Gasteiger partial charge >= 0.3 is 0 Å². The number of hydrogen-bond donors (Lipinski definition) is 4. The molecule has 6 rings (SSSR count). The molecule has 5 N–H and O–H groups in total. The maximum Gasteiger partial charge on any atom is 0.146 e. The van der Waals surface area contributed by atoms with Crippen molar-refractivity contribution >= 4 is 45.3 Å². The topological polar surface area (TPSA) is 131 Å². The molecule has 0 bridgehead atoms. The second kappa shape index (κ2) is 8.61. The second-order valence-corrected chi connectivity index (χ2v) is 10.3. The maximum atomic E-state index is 10.8. The first kappa shape index (κ1) is 21.5. The number of nitrogens with two attached hydrogens (primary N) is 1. The van der Waals surface area contributed by atoms with E-state index < -0.39 is 17.6 Å². The number of hydrogen-bond acceptors (Lipinski definition) is 9. The van der Waals surface area contributed by atoms with Gasteiger partial charge in [0.2, 0.25) is 0 Å². The Labute approximate surface area is 200 Å². The molecule has 4 heterocycles. The summed E-state index contributed by atoms with van der Waals surface area (Å²) in [4.78, 5) is 13.0. The highest BCUT2D eigenvalue weighted by Gasteiger charge is 2.44. The van der Waals surface area contributed by atoms with Crippen LogP contribution in [-0.2, 0) is 0 Å². The molecule has 0 spiro atoms. The number of aromatic nitrogens is 4. The fraction of sp³-hybridized carbons (Fsp3) is 0.375. The van der Waals surface area contributed by atoms with Crippen molar-refractivity contribution in [2.75, 3.05) is 24.2 Å². The monoisotopic (exact) mass is 478 g/mol. The number of fused-ring (bicyclic) bond motifs is 2. The molecule has 34 heavy (non-hydrogen) atoms. The average molecular weight is 479 g/mol. The summed E-state index contributed by atoms with van der Waals surface area (Å²) in [7, 11) is 0. The molecule has 2 aliphatic rings. The summed E-state index contributed by atoms with van der Waals surface area (Å²) in [5.74, 6) is 2.71. The minimum atomic E-state index is -0.969. The van der Waals surface area contributed by atoms with Crippen molar-refractivity contribution < 1.29 is 14.9 Å². The van der Waals surface area contributed by atoms with Crippen molar-refractivity contribution in [2.45, 2.75) is 35.7 Å². The van der Waals surface area contributed by atoms with Crippen molar-refractivity contribution in [3.05, 3.63) is 48.9 Å². The van der Waals surface area contributed by atoms with Crippen LogP contribution in [0.5, 0.6) is 5.75 Å². The Hall–Kier alpha value is -3.08. The first-order chi connectivity index (χ1) is 16.6. The number of nitrogens with zero attached hydrogens (tertiary/aromatic N) is 4. The van der Waals surface area contributed by atoms with Crippen LogP contribution in [0, 0.1) is 5.92 Å². The molecule has 1 saturated carbocycles. The number of pyridine rings is 1. The lowest BCUT2D eigenvalue weighted by Crippen LogP contribution is -2.34. The van der Waals surface area contributed by atoms with Gasteiger partial charge < -0.3 is 30.6 Å². The van der Waals surface area contributed by atoms with Crippen LogP contribution < -0.4 is 15.8 Å². The molecule has 9 nitrogen and oxygen atoms in total. The van der Waals surface area contributed by atoms with E-state index in [1.165, 1.54) is 30.9 Å². The Bertz CT molecular complexity index is 1340. The summed E-state index contributed by atoms with van der Waals surface area (Å²) in [5, 5.41) is 25.9. The highest BCUT2D eigenvalue weighted by atomic mass is 32.2. The smallest absolute Gasteiger partial charge is 0.146 e. The molecule has 4 aromatic rings. The molecule has 4 atom stereocenters. The second-order valence-electron chi connectivity index (χ2n) is 8.95. The summed E-state index contributed by atoms with van der Waals surface area (Å²) in [6, 6.07) is 11.7. The molecule has 10 heteroatoms. The Balaban J connectivity index is 1.15. The molecule has 3 aromatic heterocycles. The quantitative estimate of drug-likeness (QED) is 0.317. The van der Waals surface area contributed by atoms with Gasteiger partial charge in [-0.15, -0.1) is 11.8 Å². The lowest BCUT2D eigenvalue weighted by atomic mass is 10.1. The Morgan fingerprint density at radius 3 is 2.82 bits per heavy atom. The van der Waals surface area contributed by atoms with Crippen molar-refractivity contribution in [3.63, 3.8) is 0 Å². The predicted octanol–water partition coefficient (Wildman–Crippen LogP) is 2.80. The number of aliphatic hydroxyl groups excluding tert-OH is 2. The van der Waals surface area contributed by atoms with Crippen molar-refractivity contribution in [1.82, 2.24) is 19.5 Å². The molecular formula is C24H26N6O3S. The summed E-state index contributed by atoms with van der Waals surface area (Å²) in [5.41, 5.74) is 7.42. The number of benzene rings is 1. The summed E-state index contributed by atoms with van der Waals surface area (Å²) >= 11 is 1.46. The van der Waals surface area contributed by atoms with E-state index in [0.717, 1.165) is 34.6 Å². The standard InChI is InChI=1S/C24H26N6O3S/c25-22-16-7-8-30(23(16)28-12-27-22)24-21(32)20(31)18(34-24)11-33-15-5-3-14-4-6-19(29-17(14)9-15)26-10-13-1-2-13/h3-9,12-13,18,20-21,24,31-32H,1-2,10-11H2,(H,26,29)(H2,25,27,28)/t18-,20-,21-,24?/m0/s1. The van der Waals surface area contributed by atoms with Gasteiger partial charge in [0.1, 0.15) is 47.4 Å². The first-order valence-electron chi connectivity index (χ1n) is 11.4. The van der Waals surface area contributed by atoms with Crippen LogP contribution in [0.15, 0.2) is 48.9 Å². The minimum absolute atomic E-state index is 0.251. The largest absolute Gasteiger partial charge is 0.492 e. The van der Waals surface area contributed by atoms with E-state index in [1.807, 2.05) is 41.1 Å². The van der Waals surface area contributed by atoms with Gasteiger partial charge in [-0.1, -0.05) is 0 Å². The van der Waals surface area contributed by atoms with Gasteiger partial charge in [0.05, 0.1) is 22.3 Å². The van der Waals surface area contributed by atoms with Gasteiger partial charge in [-0.05, 0) is 49.1 Å². The number of nitrogen functional groups attached to an aromatic ring is 1. The van der Waals surface area contributed by atoms with Gasteiger partial charge in [-0.3, -0.25) is 0 Å². The molecule has 0 radical (unpaired) electrons. The number of thioether (sulfide) groups is 1. The van der Waals surface area contributed by atoms with E-state index in [9.17, 15) is 10.2 Å². The fourth-order valence-corrected chi connectivity index (χ4v) is 5.78. The van der Waals surface area contributed by atoms with Gasteiger partial charge in [0, 0.05) is 24.2 Å². The van der Waals surface area contributed by atoms with Crippen LogP contribution in [0.4, 0.5) is 11.6 Å². The third-order valence-corrected chi connectivity index (χ3v) is 8.05. The van der Waals surface area contributed by atoms with E-state index in [1.54, 1.807) is 0 Å². The lowest BCUT2D eigenvalue weighted by Gasteiger charge is -2.17. The third kappa shape index (κ3) is 4.02. The van der Waals surface area contributed by atoms with Crippen LogP contribution in [0.2, 0.25) is 0 Å². The fourth-order valence-electron chi connectivity index (χ4n) is 4.33. The number of nitrogens with one attached hydrogen (secondary N) is 1. The van der Waals surface area contributed by atoms with Crippen LogP contribution in [0.25, 0.3) is 21.9 Å². The molecular weight excluding hydrogens is 452 g/mol. The van der Waals surface area contributed by atoms with Crippen LogP contribution in [0.1, 0.15) is 18.2 Å². The van der Waals surface area contributed by atoms with Crippen LogP contribution >= 0.6 is 11.8 Å². The third-order valence-electron chi connectivity index (χ3n) is 6.50.